The molecule has 0 saturated carbocycles. The zero-order valence-corrected chi connectivity index (χ0v) is 11.7. The van der Waals surface area contributed by atoms with E-state index in [0.717, 1.165) is 29.0 Å². The molecule has 1 aliphatic rings. The Bertz CT molecular complexity index is 161. The largest absolute Gasteiger partial charge is 0.377 e. The lowest BCUT2D eigenvalue weighted by Crippen LogP contribution is -2.19. The van der Waals surface area contributed by atoms with Crippen LogP contribution < -0.4 is 0 Å². The van der Waals surface area contributed by atoms with Gasteiger partial charge in [0.05, 0.1) is 6.10 Å². The van der Waals surface area contributed by atoms with Crippen LogP contribution in [0.1, 0.15) is 27.2 Å². The predicted octanol–water partition coefficient (Wildman–Crippen LogP) is 3.56. The van der Waals surface area contributed by atoms with Crippen LogP contribution in [0, 0.1) is 11.8 Å². The van der Waals surface area contributed by atoms with Crippen molar-refractivity contribution in [1.82, 2.24) is 0 Å². The van der Waals surface area contributed by atoms with Crippen molar-refractivity contribution >= 4 is 27.7 Å². The topological polar surface area (TPSA) is 9.23 Å². The Labute approximate surface area is 100 Å². The second kappa shape index (κ2) is 6.39. The summed E-state index contributed by atoms with van der Waals surface area (Å²) in [6, 6.07) is 0. The van der Waals surface area contributed by atoms with Gasteiger partial charge in [-0.3, -0.25) is 0 Å². The van der Waals surface area contributed by atoms with Crippen molar-refractivity contribution in [2.24, 2.45) is 11.8 Å². The van der Waals surface area contributed by atoms with E-state index in [4.69, 9.17) is 4.74 Å². The molecule has 0 amide bonds. The van der Waals surface area contributed by atoms with E-state index >= 15 is 0 Å². The van der Waals surface area contributed by atoms with E-state index in [1.165, 1.54) is 12.2 Å². The van der Waals surface area contributed by atoms with E-state index in [2.05, 4.69) is 48.5 Å². The highest BCUT2D eigenvalue weighted by Crippen LogP contribution is 2.29. The molecular formula is C11H21BrOS. The zero-order chi connectivity index (χ0) is 10.6. The molecule has 0 N–H and O–H groups in total. The number of rotatable bonds is 5. The summed E-state index contributed by atoms with van der Waals surface area (Å²) < 4.78 is 5.56. The van der Waals surface area contributed by atoms with Crippen LogP contribution >= 0.6 is 27.7 Å². The molecular weight excluding hydrogens is 260 g/mol. The highest BCUT2D eigenvalue weighted by molar-refractivity contribution is 9.09. The molecule has 84 valence electrons. The van der Waals surface area contributed by atoms with Crippen LogP contribution in [0.15, 0.2) is 0 Å². The maximum atomic E-state index is 5.56. The molecule has 0 aliphatic carbocycles. The van der Waals surface area contributed by atoms with Crippen LogP contribution in [-0.4, -0.2) is 29.0 Å². The second-order valence-corrected chi connectivity index (χ2v) is 6.31. The summed E-state index contributed by atoms with van der Waals surface area (Å²) in [6.45, 7) is 7.77. The fourth-order valence-corrected chi connectivity index (χ4v) is 4.48. The van der Waals surface area contributed by atoms with Crippen molar-refractivity contribution in [2.75, 3.05) is 17.7 Å². The summed E-state index contributed by atoms with van der Waals surface area (Å²) in [5, 5.41) is 1.86. The molecule has 1 heterocycles. The molecule has 0 aromatic rings. The molecule has 14 heavy (non-hydrogen) atoms. The molecule has 0 bridgehead atoms. The van der Waals surface area contributed by atoms with Gasteiger partial charge in [-0.15, -0.1) is 0 Å². The van der Waals surface area contributed by atoms with Gasteiger partial charge in [0.1, 0.15) is 0 Å². The van der Waals surface area contributed by atoms with Crippen LogP contribution in [0.3, 0.4) is 0 Å². The molecule has 3 atom stereocenters. The molecule has 0 aromatic carbocycles. The number of halogens is 1. The summed E-state index contributed by atoms with van der Waals surface area (Å²) in [4.78, 5) is 0. The number of thioether (sulfide) groups is 1. The van der Waals surface area contributed by atoms with E-state index < -0.39 is 0 Å². The van der Waals surface area contributed by atoms with Gasteiger partial charge in [-0.1, -0.05) is 29.8 Å². The Morgan fingerprint density at radius 3 is 2.64 bits per heavy atom. The molecule has 1 nitrogen and oxygen atoms in total. The molecule has 1 aliphatic heterocycles. The highest BCUT2D eigenvalue weighted by Gasteiger charge is 2.25. The first kappa shape index (κ1) is 12.9. The van der Waals surface area contributed by atoms with Gasteiger partial charge in [0.25, 0.3) is 0 Å². The highest BCUT2D eigenvalue weighted by atomic mass is 79.9. The van der Waals surface area contributed by atoms with Gasteiger partial charge >= 0.3 is 0 Å². The summed E-state index contributed by atoms with van der Waals surface area (Å²) in [7, 11) is 0. The van der Waals surface area contributed by atoms with Crippen molar-refractivity contribution in [2.45, 2.75) is 38.5 Å². The van der Waals surface area contributed by atoms with Crippen LogP contribution in [-0.2, 0) is 4.74 Å². The Kier molecular flexibility index (Phi) is 5.87. The third kappa shape index (κ3) is 3.74. The molecule has 1 saturated heterocycles. The first-order chi connectivity index (χ1) is 6.65. The van der Waals surface area contributed by atoms with Gasteiger partial charge in [0.2, 0.25) is 0 Å². The van der Waals surface area contributed by atoms with E-state index in [1.54, 1.807) is 0 Å². The number of ether oxygens (including phenoxy) is 1. The van der Waals surface area contributed by atoms with Crippen LogP contribution in [0.25, 0.3) is 0 Å². The quantitative estimate of drug-likeness (QED) is 0.713. The smallest absolute Gasteiger partial charge is 0.0666 e. The summed E-state index contributed by atoms with van der Waals surface area (Å²) in [6.07, 6.45) is 1.70. The lowest BCUT2D eigenvalue weighted by atomic mass is 10.0. The first-order valence-electron chi connectivity index (χ1n) is 5.44. The van der Waals surface area contributed by atoms with Crippen LogP contribution in [0.4, 0.5) is 0 Å². The monoisotopic (exact) mass is 280 g/mol. The van der Waals surface area contributed by atoms with Gasteiger partial charge in [-0.2, -0.15) is 11.8 Å². The molecule has 0 radical (unpaired) electrons. The fourth-order valence-electron chi connectivity index (χ4n) is 1.59. The Morgan fingerprint density at radius 1 is 1.50 bits per heavy atom. The molecule has 1 rings (SSSR count). The Hall–Kier alpha value is 0.790. The Balaban J connectivity index is 2.24. The number of hydrogen-bond donors (Lipinski definition) is 0. The van der Waals surface area contributed by atoms with Gasteiger partial charge in [-0.25, -0.2) is 0 Å². The maximum absolute atomic E-state index is 5.56. The minimum atomic E-state index is 0.461. The molecule has 0 spiro atoms. The maximum Gasteiger partial charge on any atom is 0.0666 e. The third-order valence-corrected chi connectivity index (χ3v) is 5.47. The predicted molar refractivity (Wildman–Crippen MR) is 68.4 cm³/mol. The molecule has 1 fully saturated rings. The lowest BCUT2D eigenvalue weighted by molar-refractivity contribution is 0.127. The van der Waals surface area contributed by atoms with Crippen molar-refractivity contribution in [3.63, 3.8) is 0 Å². The lowest BCUT2D eigenvalue weighted by Gasteiger charge is -2.21. The molecule has 0 aromatic heterocycles. The van der Waals surface area contributed by atoms with E-state index in [9.17, 15) is 0 Å². The average molecular weight is 281 g/mol. The van der Waals surface area contributed by atoms with Crippen molar-refractivity contribution < 1.29 is 4.74 Å². The first-order valence-corrected chi connectivity index (χ1v) is 7.61. The number of hydrogen-bond acceptors (Lipinski definition) is 2. The van der Waals surface area contributed by atoms with Crippen LogP contribution in [0.2, 0.25) is 0 Å². The normalized spacial score (nSPS) is 29.8. The third-order valence-electron chi connectivity index (χ3n) is 2.97. The van der Waals surface area contributed by atoms with Gasteiger partial charge in [0, 0.05) is 17.2 Å². The number of alkyl halides is 1. The van der Waals surface area contributed by atoms with E-state index in [0.29, 0.717) is 6.10 Å². The fraction of sp³-hybridized carbons (Fsp3) is 1.00. The molecule has 3 unspecified atom stereocenters. The minimum absolute atomic E-state index is 0.461. The van der Waals surface area contributed by atoms with Crippen LogP contribution in [0.5, 0.6) is 0 Å². The zero-order valence-electron chi connectivity index (χ0n) is 9.33. The SMILES string of the molecule is CC(C)C(CBr)CSC1CCOC1C. The summed E-state index contributed by atoms with van der Waals surface area (Å²) >= 11 is 5.69. The van der Waals surface area contributed by atoms with Crippen molar-refractivity contribution in [3.8, 4) is 0 Å². The minimum Gasteiger partial charge on any atom is -0.377 e. The van der Waals surface area contributed by atoms with Gasteiger partial charge < -0.3 is 4.74 Å². The van der Waals surface area contributed by atoms with E-state index in [-0.39, 0.29) is 0 Å². The van der Waals surface area contributed by atoms with Gasteiger partial charge in [-0.05, 0) is 30.9 Å². The summed E-state index contributed by atoms with van der Waals surface area (Å²) in [5.41, 5.74) is 0. The van der Waals surface area contributed by atoms with Crippen molar-refractivity contribution in [3.05, 3.63) is 0 Å². The van der Waals surface area contributed by atoms with Crippen molar-refractivity contribution in [1.29, 1.82) is 0 Å². The average Bonchev–Trinajstić information content (AvgIpc) is 2.52. The summed E-state index contributed by atoms with van der Waals surface area (Å²) in [5.74, 6) is 2.84. The van der Waals surface area contributed by atoms with Gasteiger partial charge in [0.15, 0.2) is 0 Å². The Morgan fingerprint density at radius 2 is 2.21 bits per heavy atom. The second-order valence-electron chi connectivity index (χ2n) is 4.39. The van der Waals surface area contributed by atoms with E-state index in [1.807, 2.05) is 0 Å². The molecule has 3 heteroatoms. The standard InChI is InChI=1S/C11H21BrOS/c1-8(2)10(6-12)7-14-11-4-5-13-9(11)3/h8-11H,4-7H2,1-3H3.